The van der Waals surface area contributed by atoms with Crippen LogP contribution < -0.4 is 4.74 Å². The predicted octanol–water partition coefficient (Wildman–Crippen LogP) is 4.44. The number of pyridine rings is 1. The summed E-state index contributed by atoms with van der Waals surface area (Å²) in [6, 6.07) is 15.9. The molecule has 28 heavy (non-hydrogen) atoms. The second kappa shape index (κ2) is 7.26. The maximum absolute atomic E-state index is 11.2. The number of aromatic nitrogens is 1. The lowest BCUT2D eigenvalue weighted by molar-refractivity contribution is -0.384. The second-order valence-electron chi connectivity index (χ2n) is 6.92. The van der Waals surface area contributed by atoms with Gasteiger partial charge in [0.05, 0.1) is 28.2 Å². The minimum atomic E-state index is -0.814. The summed E-state index contributed by atoms with van der Waals surface area (Å²) in [7, 11) is 0. The highest BCUT2D eigenvalue weighted by Crippen LogP contribution is 2.36. The van der Waals surface area contributed by atoms with E-state index in [0.717, 1.165) is 5.56 Å². The van der Waals surface area contributed by atoms with Crippen LogP contribution in [0.5, 0.6) is 5.75 Å². The average Bonchev–Trinajstić information content (AvgIpc) is 3.17. The lowest BCUT2D eigenvalue weighted by Gasteiger charge is -2.16. The van der Waals surface area contributed by atoms with Crippen molar-refractivity contribution < 1.29 is 19.6 Å². The zero-order valence-electron chi connectivity index (χ0n) is 14.9. The van der Waals surface area contributed by atoms with Gasteiger partial charge in [0.2, 0.25) is 0 Å². The van der Waals surface area contributed by atoms with Crippen LogP contribution in [0.4, 0.5) is 5.69 Å². The monoisotopic (exact) mass is 378 g/mol. The maximum Gasteiger partial charge on any atom is 0.306 e. The molecule has 0 saturated heterocycles. The van der Waals surface area contributed by atoms with E-state index in [2.05, 4.69) is 4.98 Å². The largest absolute Gasteiger partial charge is 0.490 e. The number of carbonyl (C=O) groups is 1. The van der Waals surface area contributed by atoms with Gasteiger partial charge in [-0.05, 0) is 25.3 Å². The van der Waals surface area contributed by atoms with E-state index in [9.17, 15) is 20.0 Å². The highest BCUT2D eigenvalue weighted by molar-refractivity contribution is 5.89. The lowest BCUT2D eigenvalue weighted by Crippen LogP contribution is -2.15. The molecule has 2 aromatic carbocycles. The number of carboxylic acid groups (broad SMARTS) is 1. The number of fused-ring (bicyclic) bond motifs is 1. The van der Waals surface area contributed by atoms with E-state index < -0.39 is 16.8 Å². The molecule has 0 bridgehead atoms. The van der Waals surface area contributed by atoms with Gasteiger partial charge in [0.15, 0.2) is 0 Å². The Morgan fingerprint density at radius 1 is 1.14 bits per heavy atom. The van der Waals surface area contributed by atoms with Crippen molar-refractivity contribution in [3.05, 3.63) is 64.7 Å². The fourth-order valence-electron chi connectivity index (χ4n) is 3.60. The smallest absolute Gasteiger partial charge is 0.306 e. The molecule has 0 amide bonds. The Balaban J connectivity index is 1.77. The molecule has 2 atom stereocenters. The van der Waals surface area contributed by atoms with E-state index in [1.807, 2.05) is 30.3 Å². The minimum absolute atomic E-state index is 0.0403. The number of hydrogen-bond donors (Lipinski definition) is 1. The van der Waals surface area contributed by atoms with Gasteiger partial charge in [0, 0.05) is 29.1 Å². The van der Waals surface area contributed by atoms with E-state index in [4.69, 9.17) is 4.74 Å². The van der Waals surface area contributed by atoms with Gasteiger partial charge in [-0.15, -0.1) is 0 Å². The van der Waals surface area contributed by atoms with Crippen LogP contribution in [0, 0.1) is 16.0 Å². The van der Waals surface area contributed by atoms with Crippen molar-refractivity contribution in [3.8, 4) is 17.0 Å². The van der Waals surface area contributed by atoms with Crippen molar-refractivity contribution in [2.75, 3.05) is 0 Å². The number of nitrogens with zero attached hydrogens (tertiary/aromatic N) is 2. The first-order chi connectivity index (χ1) is 13.5. The van der Waals surface area contributed by atoms with Crippen LogP contribution in [-0.4, -0.2) is 27.1 Å². The van der Waals surface area contributed by atoms with Crippen LogP contribution in [-0.2, 0) is 4.79 Å². The molecule has 1 aromatic heterocycles. The van der Waals surface area contributed by atoms with Crippen LogP contribution in [0.25, 0.3) is 22.2 Å². The predicted molar refractivity (Wildman–Crippen MR) is 103 cm³/mol. The number of nitro groups is 1. The average molecular weight is 378 g/mol. The number of non-ortho nitro benzene ring substituents is 1. The SMILES string of the molecule is O=C(O)C1CCC(Oc2cc(-c3ccccc3)nc3ccc([N+](=O)[O-])cc23)C1. The number of carboxylic acids is 1. The second-order valence-corrected chi connectivity index (χ2v) is 6.92. The summed E-state index contributed by atoms with van der Waals surface area (Å²) >= 11 is 0. The number of ether oxygens (including phenoxy) is 1. The Bertz CT molecular complexity index is 1050. The van der Waals surface area contributed by atoms with Gasteiger partial charge >= 0.3 is 5.97 Å². The number of hydrogen-bond acceptors (Lipinski definition) is 5. The summed E-state index contributed by atoms with van der Waals surface area (Å²) in [5, 5.41) is 21.0. The van der Waals surface area contributed by atoms with Gasteiger partial charge in [-0.3, -0.25) is 14.9 Å². The number of benzene rings is 2. The molecule has 0 aliphatic heterocycles. The first kappa shape index (κ1) is 17.9. The molecule has 0 radical (unpaired) electrons. The number of aliphatic carboxylic acids is 1. The molecular weight excluding hydrogens is 360 g/mol. The number of nitro benzene ring substituents is 1. The summed E-state index contributed by atoms with van der Waals surface area (Å²) in [5.74, 6) is -0.740. The molecule has 4 rings (SSSR count). The third kappa shape index (κ3) is 3.51. The normalized spacial score (nSPS) is 18.9. The Hall–Kier alpha value is -3.48. The van der Waals surface area contributed by atoms with E-state index in [1.54, 1.807) is 12.1 Å². The molecule has 142 valence electrons. The topological polar surface area (TPSA) is 103 Å². The first-order valence-electron chi connectivity index (χ1n) is 9.05. The molecule has 7 nitrogen and oxygen atoms in total. The molecule has 1 heterocycles. The van der Waals surface area contributed by atoms with Gasteiger partial charge < -0.3 is 9.84 Å². The minimum Gasteiger partial charge on any atom is -0.490 e. The molecule has 1 N–H and O–H groups in total. The zero-order chi connectivity index (χ0) is 19.7. The molecule has 3 aromatic rings. The highest BCUT2D eigenvalue weighted by Gasteiger charge is 2.31. The molecule has 1 aliphatic rings. The van der Waals surface area contributed by atoms with Crippen LogP contribution in [0.2, 0.25) is 0 Å². The van der Waals surface area contributed by atoms with E-state index in [0.29, 0.717) is 41.6 Å². The van der Waals surface area contributed by atoms with Gasteiger partial charge in [0.25, 0.3) is 5.69 Å². The fraction of sp³-hybridized carbons (Fsp3) is 0.238. The van der Waals surface area contributed by atoms with Crippen molar-refractivity contribution >= 4 is 22.6 Å². The van der Waals surface area contributed by atoms with E-state index in [-0.39, 0.29) is 11.8 Å². The standard InChI is InChI=1S/C21H18N2O5/c24-21(25)14-6-8-16(10-14)28-20-12-19(13-4-2-1-3-5-13)22-18-9-7-15(23(26)27)11-17(18)20/h1-5,7,9,11-12,14,16H,6,8,10H2,(H,24,25). The third-order valence-corrected chi connectivity index (χ3v) is 5.06. The fourth-order valence-corrected chi connectivity index (χ4v) is 3.60. The lowest BCUT2D eigenvalue weighted by atomic mass is 10.1. The Kier molecular flexibility index (Phi) is 4.65. The van der Waals surface area contributed by atoms with Crippen LogP contribution in [0.3, 0.4) is 0 Å². The van der Waals surface area contributed by atoms with Crippen LogP contribution in [0.15, 0.2) is 54.6 Å². The summed E-state index contributed by atoms with van der Waals surface area (Å²) in [6.07, 6.45) is 1.38. The van der Waals surface area contributed by atoms with Gasteiger partial charge in [-0.1, -0.05) is 30.3 Å². The molecular formula is C21H18N2O5. The maximum atomic E-state index is 11.2. The van der Waals surface area contributed by atoms with Crippen molar-refractivity contribution in [3.63, 3.8) is 0 Å². The Morgan fingerprint density at radius 3 is 2.61 bits per heavy atom. The molecule has 1 aliphatic carbocycles. The van der Waals surface area contributed by atoms with Crippen molar-refractivity contribution in [2.24, 2.45) is 5.92 Å². The summed E-state index contributed by atoms with van der Waals surface area (Å²) < 4.78 is 6.14. The first-order valence-corrected chi connectivity index (χ1v) is 9.05. The van der Waals surface area contributed by atoms with Crippen molar-refractivity contribution in [2.45, 2.75) is 25.4 Å². The molecule has 1 saturated carbocycles. The Labute approximate surface area is 160 Å². The molecule has 7 heteroatoms. The van der Waals surface area contributed by atoms with Gasteiger partial charge in [0.1, 0.15) is 5.75 Å². The van der Waals surface area contributed by atoms with Gasteiger partial charge in [-0.25, -0.2) is 4.98 Å². The Morgan fingerprint density at radius 2 is 1.93 bits per heavy atom. The van der Waals surface area contributed by atoms with Crippen molar-refractivity contribution in [1.29, 1.82) is 0 Å². The zero-order valence-corrected chi connectivity index (χ0v) is 14.9. The van der Waals surface area contributed by atoms with Crippen LogP contribution >= 0.6 is 0 Å². The quantitative estimate of drug-likeness (QED) is 0.520. The van der Waals surface area contributed by atoms with E-state index >= 15 is 0 Å². The molecule has 1 fully saturated rings. The van der Waals surface area contributed by atoms with Gasteiger partial charge in [-0.2, -0.15) is 0 Å². The molecule has 0 spiro atoms. The van der Waals surface area contributed by atoms with Crippen molar-refractivity contribution in [1.82, 2.24) is 4.98 Å². The van der Waals surface area contributed by atoms with Crippen LogP contribution in [0.1, 0.15) is 19.3 Å². The third-order valence-electron chi connectivity index (χ3n) is 5.06. The summed E-state index contributed by atoms with van der Waals surface area (Å²) in [6.45, 7) is 0. The number of rotatable bonds is 5. The highest BCUT2D eigenvalue weighted by atomic mass is 16.6. The molecule has 2 unspecified atom stereocenters. The summed E-state index contributed by atoms with van der Waals surface area (Å²) in [5.41, 5.74) is 2.16. The van der Waals surface area contributed by atoms with E-state index in [1.165, 1.54) is 12.1 Å². The summed E-state index contributed by atoms with van der Waals surface area (Å²) in [4.78, 5) is 26.6.